The summed E-state index contributed by atoms with van der Waals surface area (Å²) in [5.74, 6) is 0. The number of rotatable bonds is 0. The molecule has 1 saturated heterocycles. The lowest BCUT2D eigenvalue weighted by molar-refractivity contribution is 0.156. The lowest BCUT2D eigenvalue weighted by Crippen LogP contribution is -2.25. The molecule has 1 rings (SSSR count). The molecule has 2 N–H and O–H groups in total. The Bertz CT molecular complexity index is 111. The van der Waals surface area contributed by atoms with Crippen molar-refractivity contribution in [2.24, 2.45) is 0 Å². The van der Waals surface area contributed by atoms with Crippen LogP contribution in [0.15, 0.2) is 0 Å². The lowest BCUT2D eigenvalue weighted by Gasteiger charge is -2.07. The molecule has 0 aromatic rings. The van der Waals surface area contributed by atoms with Gasteiger partial charge in [-0.2, -0.15) is 0 Å². The fourth-order valence-corrected chi connectivity index (χ4v) is 0.908. The summed E-state index contributed by atoms with van der Waals surface area (Å²) in [5, 5.41) is 11.1. The zero-order valence-electron chi connectivity index (χ0n) is 7.13. The number of carbonyl (C=O) groups is 1. The first-order chi connectivity index (χ1) is 5.22. The molecule has 4 nitrogen and oxygen atoms in total. The summed E-state index contributed by atoms with van der Waals surface area (Å²) in [6, 6.07) is 0. The Morgan fingerprint density at radius 2 is 1.73 bits per heavy atom. The number of nitrogens with one attached hydrogen (secondary N) is 1. The molecule has 0 radical (unpaired) electrons. The highest BCUT2D eigenvalue weighted by Crippen LogP contribution is 2.05. The van der Waals surface area contributed by atoms with Gasteiger partial charge in [0.25, 0.3) is 0 Å². The molecule has 66 valence electrons. The minimum absolute atomic E-state index is 0.731. The van der Waals surface area contributed by atoms with Crippen LogP contribution < -0.4 is 5.32 Å². The molecule has 0 aliphatic carbocycles. The molecule has 1 heterocycles. The van der Waals surface area contributed by atoms with Crippen LogP contribution in [0.25, 0.3) is 0 Å². The predicted molar refractivity (Wildman–Crippen MR) is 43.8 cm³/mol. The molecule has 4 heteroatoms. The molecule has 0 atom stereocenters. The van der Waals surface area contributed by atoms with Gasteiger partial charge in [0.2, 0.25) is 0 Å². The third-order valence-corrected chi connectivity index (χ3v) is 1.38. The SMILES string of the molecule is CNC.O=C(O)N1CCCC1. The summed E-state index contributed by atoms with van der Waals surface area (Å²) in [6.07, 6.45) is 1.29. The van der Waals surface area contributed by atoms with E-state index in [1.807, 2.05) is 14.1 Å². The minimum atomic E-state index is -0.775. The van der Waals surface area contributed by atoms with E-state index in [1.165, 1.54) is 4.90 Å². The van der Waals surface area contributed by atoms with Crippen LogP contribution in [-0.2, 0) is 0 Å². The van der Waals surface area contributed by atoms with E-state index in [4.69, 9.17) is 5.11 Å². The van der Waals surface area contributed by atoms with Gasteiger partial charge >= 0.3 is 6.09 Å². The Balaban J connectivity index is 0.000000292. The normalized spacial score (nSPS) is 15.6. The number of hydrogen-bond acceptors (Lipinski definition) is 2. The summed E-state index contributed by atoms with van der Waals surface area (Å²) in [6.45, 7) is 1.46. The van der Waals surface area contributed by atoms with Crippen LogP contribution in [-0.4, -0.2) is 43.3 Å². The van der Waals surface area contributed by atoms with Gasteiger partial charge in [0.15, 0.2) is 0 Å². The first-order valence-electron chi connectivity index (χ1n) is 3.78. The van der Waals surface area contributed by atoms with E-state index in [0.717, 1.165) is 25.9 Å². The fourth-order valence-electron chi connectivity index (χ4n) is 0.908. The van der Waals surface area contributed by atoms with Crippen molar-refractivity contribution in [2.75, 3.05) is 27.2 Å². The Labute approximate surface area is 67.2 Å². The first kappa shape index (κ1) is 10.2. The highest BCUT2D eigenvalue weighted by molar-refractivity contribution is 5.65. The van der Waals surface area contributed by atoms with E-state index >= 15 is 0 Å². The van der Waals surface area contributed by atoms with Crippen molar-refractivity contribution in [2.45, 2.75) is 12.8 Å². The van der Waals surface area contributed by atoms with Crippen molar-refractivity contribution < 1.29 is 9.90 Å². The van der Waals surface area contributed by atoms with E-state index in [2.05, 4.69) is 5.32 Å². The van der Waals surface area contributed by atoms with Crippen LogP contribution >= 0.6 is 0 Å². The van der Waals surface area contributed by atoms with E-state index < -0.39 is 6.09 Å². The van der Waals surface area contributed by atoms with Crippen molar-refractivity contribution >= 4 is 6.09 Å². The summed E-state index contributed by atoms with van der Waals surface area (Å²) in [7, 11) is 3.75. The Morgan fingerprint density at radius 1 is 1.36 bits per heavy atom. The quantitative estimate of drug-likeness (QED) is 0.545. The van der Waals surface area contributed by atoms with Gasteiger partial charge in [-0.05, 0) is 26.9 Å². The molecule has 1 amide bonds. The van der Waals surface area contributed by atoms with E-state index in [1.54, 1.807) is 0 Å². The van der Waals surface area contributed by atoms with Gasteiger partial charge < -0.3 is 15.3 Å². The molecule has 0 bridgehead atoms. The Kier molecular flexibility index (Phi) is 5.56. The van der Waals surface area contributed by atoms with Crippen LogP contribution in [0.4, 0.5) is 4.79 Å². The zero-order chi connectivity index (χ0) is 8.69. The highest BCUT2D eigenvalue weighted by Gasteiger charge is 2.15. The van der Waals surface area contributed by atoms with Gasteiger partial charge in [0, 0.05) is 13.1 Å². The number of nitrogens with zero attached hydrogens (tertiary/aromatic N) is 1. The maximum atomic E-state index is 10.1. The Hall–Kier alpha value is -0.770. The summed E-state index contributed by atoms with van der Waals surface area (Å²) >= 11 is 0. The molecule has 1 aliphatic rings. The van der Waals surface area contributed by atoms with Crippen molar-refractivity contribution in [3.8, 4) is 0 Å². The zero-order valence-corrected chi connectivity index (χ0v) is 7.13. The van der Waals surface area contributed by atoms with E-state index in [9.17, 15) is 4.79 Å². The van der Waals surface area contributed by atoms with Crippen molar-refractivity contribution in [3.63, 3.8) is 0 Å². The minimum Gasteiger partial charge on any atom is -0.465 e. The predicted octanol–water partition coefficient (Wildman–Crippen LogP) is 0.596. The molecule has 1 aliphatic heterocycles. The Morgan fingerprint density at radius 3 is 1.91 bits per heavy atom. The number of carboxylic acid groups (broad SMARTS) is 1. The van der Waals surface area contributed by atoms with Crippen LogP contribution in [0.1, 0.15) is 12.8 Å². The van der Waals surface area contributed by atoms with Gasteiger partial charge in [-0.1, -0.05) is 0 Å². The second-order valence-corrected chi connectivity index (χ2v) is 2.48. The molecule has 0 saturated carbocycles. The third-order valence-electron chi connectivity index (χ3n) is 1.38. The maximum absolute atomic E-state index is 10.1. The number of amides is 1. The van der Waals surface area contributed by atoms with Crippen molar-refractivity contribution in [3.05, 3.63) is 0 Å². The van der Waals surface area contributed by atoms with Crippen LogP contribution in [0.5, 0.6) is 0 Å². The third kappa shape index (κ3) is 4.61. The van der Waals surface area contributed by atoms with E-state index in [-0.39, 0.29) is 0 Å². The van der Waals surface area contributed by atoms with Gasteiger partial charge in [-0.3, -0.25) is 0 Å². The molecule has 1 fully saturated rings. The first-order valence-corrected chi connectivity index (χ1v) is 3.78. The standard InChI is InChI=1S/C5H9NO2.C2H7N/c7-5(8)6-3-1-2-4-6;1-3-2/h1-4H2,(H,7,8);3H,1-2H3. The lowest BCUT2D eigenvalue weighted by atomic mass is 10.4. The smallest absolute Gasteiger partial charge is 0.407 e. The molecular weight excluding hydrogens is 144 g/mol. The second kappa shape index (κ2) is 5.97. The summed E-state index contributed by atoms with van der Waals surface area (Å²) < 4.78 is 0. The second-order valence-electron chi connectivity index (χ2n) is 2.48. The van der Waals surface area contributed by atoms with Gasteiger partial charge in [-0.15, -0.1) is 0 Å². The summed E-state index contributed by atoms with van der Waals surface area (Å²) in [5.41, 5.74) is 0. The monoisotopic (exact) mass is 160 g/mol. The summed E-state index contributed by atoms with van der Waals surface area (Å²) in [4.78, 5) is 11.6. The largest absolute Gasteiger partial charge is 0.465 e. The average molecular weight is 160 g/mol. The van der Waals surface area contributed by atoms with E-state index in [0.29, 0.717) is 0 Å². The molecule has 0 aromatic carbocycles. The van der Waals surface area contributed by atoms with Crippen molar-refractivity contribution in [1.29, 1.82) is 0 Å². The highest BCUT2D eigenvalue weighted by atomic mass is 16.4. The molecular formula is C7H16N2O2. The molecule has 0 aromatic heterocycles. The van der Waals surface area contributed by atoms with Gasteiger partial charge in [0.05, 0.1) is 0 Å². The fraction of sp³-hybridized carbons (Fsp3) is 0.857. The van der Waals surface area contributed by atoms with Gasteiger partial charge in [-0.25, -0.2) is 4.79 Å². The molecule has 0 spiro atoms. The number of hydrogen-bond donors (Lipinski definition) is 2. The average Bonchev–Trinajstić information content (AvgIpc) is 2.38. The van der Waals surface area contributed by atoms with Crippen LogP contribution in [0.3, 0.4) is 0 Å². The van der Waals surface area contributed by atoms with Crippen LogP contribution in [0, 0.1) is 0 Å². The molecule has 11 heavy (non-hydrogen) atoms. The van der Waals surface area contributed by atoms with Gasteiger partial charge in [0.1, 0.15) is 0 Å². The van der Waals surface area contributed by atoms with Crippen LogP contribution in [0.2, 0.25) is 0 Å². The molecule has 0 unspecified atom stereocenters. The van der Waals surface area contributed by atoms with Crippen molar-refractivity contribution in [1.82, 2.24) is 10.2 Å². The topological polar surface area (TPSA) is 52.6 Å². The maximum Gasteiger partial charge on any atom is 0.407 e. The number of likely N-dealkylation sites (tertiary alicyclic amines) is 1.